The molecule has 4 nitrogen and oxygen atoms in total. The summed E-state index contributed by atoms with van der Waals surface area (Å²) in [5.41, 5.74) is 3.04. The fraction of sp³-hybridized carbons (Fsp3) is 0.240. The van der Waals surface area contributed by atoms with Crippen molar-refractivity contribution in [3.63, 3.8) is 0 Å². The van der Waals surface area contributed by atoms with Crippen molar-refractivity contribution in [2.75, 3.05) is 25.5 Å². The Hall–Kier alpha value is -3.25. The number of carbonyl (C=O) groups is 1. The highest BCUT2D eigenvalue weighted by atomic mass is 19.1. The lowest BCUT2D eigenvalue weighted by molar-refractivity contribution is 0.201. The summed E-state index contributed by atoms with van der Waals surface area (Å²) >= 11 is 0. The van der Waals surface area contributed by atoms with Crippen LogP contribution in [0.3, 0.4) is 0 Å². The molecule has 1 N–H and O–H groups in total. The minimum atomic E-state index is -0.619. The summed E-state index contributed by atoms with van der Waals surface area (Å²) in [4.78, 5) is 16.8. The molecule has 1 saturated heterocycles. The maximum atomic E-state index is 13.4. The van der Waals surface area contributed by atoms with Crippen molar-refractivity contribution in [1.82, 2.24) is 9.80 Å². The quantitative estimate of drug-likeness (QED) is 0.601. The topological polar surface area (TPSA) is 35.6 Å². The summed E-state index contributed by atoms with van der Waals surface area (Å²) in [6.45, 7) is 2.67. The van der Waals surface area contributed by atoms with Crippen molar-refractivity contribution < 1.29 is 13.6 Å². The summed E-state index contributed by atoms with van der Waals surface area (Å²) in [7, 11) is 1.82. The van der Waals surface area contributed by atoms with Crippen LogP contribution in [-0.4, -0.2) is 42.0 Å². The van der Waals surface area contributed by atoms with E-state index in [0.29, 0.717) is 16.8 Å². The Morgan fingerprint density at radius 1 is 1.00 bits per heavy atom. The van der Waals surface area contributed by atoms with Gasteiger partial charge < -0.3 is 10.2 Å². The van der Waals surface area contributed by atoms with Gasteiger partial charge in [-0.2, -0.15) is 0 Å². The van der Waals surface area contributed by atoms with E-state index in [1.807, 2.05) is 25.2 Å². The Balaban J connectivity index is 1.33. The lowest BCUT2D eigenvalue weighted by Gasteiger charge is -2.25. The van der Waals surface area contributed by atoms with E-state index in [4.69, 9.17) is 0 Å². The Kier molecular flexibility index (Phi) is 6.28. The van der Waals surface area contributed by atoms with E-state index in [0.717, 1.165) is 32.1 Å². The van der Waals surface area contributed by atoms with E-state index < -0.39 is 11.6 Å². The second-order valence-electron chi connectivity index (χ2n) is 7.94. The van der Waals surface area contributed by atoms with Crippen LogP contribution in [0, 0.1) is 11.6 Å². The number of amides is 2. The standard InChI is InChI=1S/C25H25F2N3O/c1-29(24-11-12-30(17-24)16-18-5-3-2-4-6-18)25(31)28-23-9-7-19(8-10-23)20-13-21(26)15-22(27)14-20/h2-10,13-15,24H,11-12,16-17H2,1H3,(H,28,31)/t24-/m1/s1. The number of carbonyl (C=O) groups excluding carboxylic acids is 1. The molecule has 0 spiro atoms. The normalized spacial score (nSPS) is 16.3. The molecule has 1 heterocycles. The van der Waals surface area contributed by atoms with Gasteiger partial charge in [0.2, 0.25) is 0 Å². The molecule has 0 aliphatic carbocycles. The Morgan fingerprint density at radius 2 is 1.68 bits per heavy atom. The molecule has 6 heteroatoms. The third-order valence-electron chi connectivity index (χ3n) is 5.70. The molecule has 1 aliphatic rings. The van der Waals surface area contributed by atoms with Crippen LogP contribution in [0.2, 0.25) is 0 Å². The molecule has 1 atom stereocenters. The maximum absolute atomic E-state index is 13.4. The zero-order valence-electron chi connectivity index (χ0n) is 17.4. The predicted molar refractivity (Wildman–Crippen MR) is 119 cm³/mol. The van der Waals surface area contributed by atoms with Crippen LogP contribution >= 0.6 is 0 Å². The summed E-state index contributed by atoms with van der Waals surface area (Å²) in [5.74, 6) is -1.24. The summed E-state index contributed by atoms with van der Waals surface area (Å²) in [5, 5.41) is 2.90. The van der Waals surface area contributed by atoms with Crippen LogP contribution < -0.4 is 5.32 Å². The SMILES string of the molecule is CN(C(=O)Nc1ccc(-c2cc(F)cc(F)c2)cc1)[C@@H]1CCN(Cc2ccccc2)C1. The monoisotopic (exact) mass is 421 g/mol. The number of urea groups is 1. The first kappa shape index (κ1) is 21.0. The number of hydrogen-bond acceptors (Lipinski definition) is 2. The average molecular weight is 421 g/mol. The van der Waals surface area contributed by atoms with Crippen LogP contribution in [0.15, 0.2) is 72.8 Å². The number of rotatable bonds is 5. The van der Waals surface area contributed by atoms with Crippen LogP contribution in [0.25, 0.3) is 11.1 Å². The first-order valence-corrected chi connectivity index (χ1v) is 10.3. The summed E-state index contributed by atoms with van der Waals surface area (Å²) in [6, 6.07) is 20.7. The van der Waals surface area contributed by atoms with Crippen molar-refractivity contribution in [3.05, 3.63) is 90.0 Å². The highest BCUT2D eigenvalue weighted by molar-refractivity contribution is 5.89. The molecule has 0 bridgehead atoms. The highest BCUT2D eigenvalue weighted by Gasteiger charge is 2.28. The smallest absolute Gasteiger partial charge is 0.321 e. The zero-order valence-corrected chi connectivity index (χ0v) is 17.4. The van der Waals surface area contributed by atoms with Gasteiger partial charge in [0, 0.05) is 44.5 Å². The van der Waals surface area contributed by atoms with E-state index in [2.05, 4.69) is 22.3 Å². The first-order chi connectivity index (χ1) is 15.0. The average Bonchev–Trinajstić information content (AvgIpc) is 3.22. The molecule has 4 rings (SSSR count). The van der Waals surface area contributed by atoms with Crippen LogP contribution in [-0.2, 0) is 6.54 Å². The number of hydrogen-bond donors (Lipinski definition) is 1. The van der Waals surface area contributed by atoms with Crippen molar-refractivity contribution in [2.45, 2.75) is 19.0 Å². The molecule has 1 aliphatic heterocycles. The minimum absolute atomic E-state index is 0.151. The maximum Gasteiger partial charge on any atom is 0.321 e. The highest BCUT2D eigenvalue weighted by Crippen LogP contribution is 2.24. The number of halogens is 2. The van der Waals surface area contributed by atoms with E-state index >= 15 is 0 Å². The van der Waals surface area contributed by atoms with Gasteiger partial charge in [0.05, 0.1) is 0 Å². The fourth-order valence-electron chi connectivity index (χ4n) is 3.96. The van der Waals surface area contributed by atoms with E-state index in [9.17, 15) is 13.6 Å². The van der Waals surface area contributed by atoms with Gasteiger partial charge in [-0.25, -0.2) is 13.6 Å². The Bertz CT molecular complexity index is 1020. The molecule has 1 fully saturated rings. The van der Waals surface area contributed by atoms with E-state index in [-0.39, 0.29) is 12.1 Å². The summed E-state index contributed by atoms with van der Waals surface area (Å²) < 4.78 is 26.9. The molecular weight excluding hydrogens is 396 g/mol. The molecule has 0 aromatic heterocycles. The predicted octanol–water partition coefficient (Wildman–Crippen LogP) is 5.37. The third kappa shape index (κ3) is 5.27. The molecular formula is C25H25F2N3O. The van der Waals surface area contributed by atoms with Gasteiger partial charge >= 0.3 is 6.03 Å². The number of anilines is 1. The number of benzene rings is 3. The van der Waals surface area contributed by atoms with Crippen LogP contribution in [0.4, 0.5) is 19.3 Å². The van der Waals surface area contributed by atoms with Gasteiger partial charge in [-0.1, -0.05) is 42.5 Å². The van der Waals surface area contributed by atoms with Gasteiger partial charge in [-0.05, 0) is 47.4 Å². The van der Waals surface area contributed by atoms with Crippen molar-refractivity contribution in [2.24, 2.45) is 0 Å². The van der Waals surface area contributed by atoms with Gasteiger partial charge in [0.1, 0.15) is 11.6 Å². The van der Waals surface area contributed by atoms with Gasteiger partial charge in [-0.15, -0.1) is 0 Å². The van der Waals surface area contributed by atoms with Crippen molar-refractivity contribution >= 4 is 11.7 Å². The van der Waals surface area contributed by atoms with Gasteiger partial charge in [-0.3, -0.25) is 4.90 Å². The number of likely N-dealkylation sites (tertiary alicyclic amines) is 1. The number of nitrogens with one attached hydrogen (secondary N) is 1. The van der Waals surface area contributed by atoms with E-state index in [1.165, 1.54) is 17.7 Å². The molecule has 2 amide bonds. The molecule has 3 aromatic carbocycles. The largest absolute Gasteiger partial charge is 0.323 e. The van der Waals surface area contributed by atoms with Gasteiger partial charge in [0.25, 0.3) is 0 Å². The Morgan fingerprint density at radius 3 is 2.35 bits per heavy atom. The second kappa shape index (κ2) is 9.27. The third-order valence-corrected chi connectivity index (χ3v) is 5.70. The zero-order chi connectivity index (χ0) is 21.8. The van der Waals surface area contributed by atoms with Crippen molar-refractivity contribution in [3.8, 4) is 11.1 Å². The van der Waals surface area contributed by atoms with Crippen LogP contribution in [0.1, 0.15) is 12.0 Å². The fourth-order valence-corrected chi connectivity index (χ4v) is 3.96. The van der Waals surface area contributed by atoms with Crippen molar-refractivity contribution in [1.29, 1.82) is 0 Å². The van der Waals surface area contributed by atoms with Crippen LogP contribution in [0.5, 0.6) is 0 Å². The minimum Gasteiger partial charge on any atom is -0.323 e. The molecule has 160 valence electrons. The lowest BCUT2D eigenvalue weighted by atomic mass is 10.1. The molecule has 31 heavy (non-hydrogen) atoms. The Labute approximate surface area is 181 Å². The molecule has 0 saturated carbocycles. The summed E-state index contributed by atoms with van der Waals surface area (Å²) in [6.07, 6.45) is 0.931. The lowest BCUT2D eigenvalue weighted by Crippen LogP contribution is -2.41. The second-order valence-corrected chi connectivity index (χ2v) is 7.94. The number of likely N-dealkylation sites (N-methyl/N-ethyl adjacent to an activating group) is 1. The molecule has 3 aromatic rings. The first-order valence-electron chi connectivity index (χ1n) is 10.3. The molecule has 0 radical (unpaired) electrons. The molecule has 0 unspecified atom stereocenters. The number of nitrogens with zero attached hydrogens (tertiary/aromatic N) is 2. The van der Waals surface area contributed by atoms with Gasteiger partial charge in [0.15, 0.2) is 0 Å². The van der Waals surface area contributed by atoms with E-state index in [1.54, 1.807) is 29.2 Å².